The van der Waals surface area contributed by atoms with Crippen LogP contribution in [0.2, 0.25) is 0 Å². The SMILES string of the molecule is COc1cccc(-c2coc3cc(OC)c(/C(C)=C/C(=O)NCCC(C)C)cc23)c1. The van der Waals surface area contributed by atoms with Gasteiger partial charge in [0, 0.05) is 35.2 Å². The predicted octanol–water partition coefficient (Wildman–Crippen LogP) is 5.68. The first-order valence-electron chi connectivity index (χ1n) is 10.1. The number of hydrogen-bond donors (Lipinski definition) is 1. The summed E-state index contributed by atoms with van der Waals surface area (Å²) in [6.07, 6.45) is 4.31. The van der Waals surface area contributed by atoms with Crippen molar-refractivity contribution in [3.8, 4) is 22.6 Å². The molecule has 0 fully saturated rings. The summed E-state index contributed by atoms with van der Waals surface area (Å²) < 4.78 is 16.7. The summed E-state index contributed by atoms with van der Waals surface area (Å²) in [4.78, 5) is 12.3. The molecular weight excluding hydrogens is 378 g/mol. The van der Waals surface area contributed by atoms with Gasteiger partial charge in [0.25, 0.3) is 0 Å². The van der Waals surface area contributed by atoms with Gasteiger partial charge in [-0.25, -0.2) is 0 Å². The minimum Gasteiger partial charge on any atom is -0.497 e. The van der Waals surface area contributed by atoms with Crippen molar-refractivity contribution in [2.45, 2.75) is 27.2 Å². The summed E-state index contributed by atoms with van der Waals surface area (Å²) in [7, 11) is 3.27. The first kappa shape index (κ1) is 21.5. The fourth-order valence-electron chi connectivity index (χ4n) is 3.36. The second kappa shape index (κ2) is 9.53. The van der Waals surface area contributed by atoms with Gasteiger partial charge in [0.1, 0.15) is 17.1 Å². The summed E-state index contributed by atoms with van der Waals surface area (Å²) in [5.74, 6) is 1.90. The predicted molar refractivity (Wildman–Crippen MR) is 121 cm³/mol. The van der Waals surface area contributed by atoms with E-state index in [9.17, 15) is 4.79 Å². The molecule has 3 rings (SSSR count). The van der Waals surface area contributed by atoms with Gasteiger partial charge in [0.2, 0.25) is 5.91 Å². The molecule has 0 radical (unpaired) electrons. The number of hydrogen-bond acceptors (Lipinski definition) is 4. The highest BCUT2D eigenvalue weighted by molar-refractivity contribution is 6.00. The molecule has 1 N–H and O–H groups in total. The van der Waals surface area contributed by atoms with Crippen molar-refractivity contribution in [1.82, 2.24) is 5.32 Å². The Morgan fingerprint density at radius 3 is 2.67 bits per heavy atom. The summed E-state index contributed by atoms with van der Waals surface area (Å²) >= 11 is 0. The van der Waals surface area contributed by atoms with Gasteiger partial charge in [-0.05, 0) is 48.6 Å². The van der Waals surface area contributed by atoms with E-state index in [4.69, 9.17) is 13.9 Å². The second-order valence-electron chi connectivity index (χ2n) is 7.73. The third kappa shape index (κ3) is 4.85. The number of amides is 1. The van der Waals surface area contributed by atoms with Crippen LogP contribution in [-0.4, -0.2) is 26.7 Å². The fraction of sp³-hybridized carbons (Fsp3) is 0.320. The van der Waals surface area contributed by atoms with Crippen LogP contribution in [0.15, 0.2) is 53.2 Å². The smallest absolute Gasteiger partial charge is 0.244 e. The third-order valence-electron chi connectivity index (χ3n) is 5.07. The molecule has 0 bridgehead atoms. The lowest BCUT2D eigenvalue weighted by Crippen LogP contribution is -2.23. The van der Waals surface area contributed by atoms with Crippen molar-refractivity contribution in [3.63, 3.8) is 0 Å². The average molecular weight is 408 g/mol. The van der Waals surface area contributed by atoms with Gasteiger partial charge in [-0.2, -0.15) is 0 Å². The highest BCUT2D eigenvalue weighted by atomic mass is 16.5. The van der Waals surface area contributed by atoms with E-state index in [1.54, 1.807) is 26.6 Å². The highest BCUT2D eigenvalue weighted by Crippen LogP contribution is 2.38. The molecule has 1 aromatic heterocycles. The zero-order valence-corrected chi connectivity index (χ0v) is 18.2. The normalized spacial score (nSPS) is 11.7. The van der Waals surface area contributed by atoms with Crippen LogP contribution in [-0.2, 0) is 4.79 Å². The molecular formula is C25H29NO4. The Balaban J connectivity index is 1.97. The number of furan rings is 1. The van der Waals surface area contributed by atoms with Gasteiger partial charge >= 0.3 is 0 Å². The second-order valence-corrected chi connectivity index (χ2v) is 7.73. The van der Waals surface area contributed by atoms with Crippen LogP contribution >= 0.6 is 0 Å². The van der Waals surface area contributed by atoms with Crippen LogP contribution in [0.3, 0.4) is 0 Å². The number of nitrogens with one attached hydrogen (secondary N) is 1. The van der Waals surface area contributed by atoms with Crippen molar-refractivity contribution >= 4 is 22.4 Å². The molecule has 0 unspecified atom stereocenters. The standard InChI is InChI=1S/C25H29NO4/c1-16(2)9-10-26-25(27)11-17(3)20-13-21-22(15-30-24(21)14-23(20)29-5)18-7-6-8-19(12-18)28-4/h6-8,11-16H,9-10H2,1-5H3,(H,26,27)/b17-11+. The largest absolute Gasteiger partial charge is 0.497 e. The molecule has 5 heteroatoms. The first-order valence-corrected chi connectivity index (χ1v) is 10.1. The van der Waals surface area contributed by atoms with Gasteiger partial charge < -0.3 is 19.2 Å². The maximum absolute atomic E-state index is 12.3. The van der Waals surface area contributed by atoms with Crippen LogP contribution in [0.5, 0.6) is 11.5 Å². The van der Waals surface area contributed by atoms with E-state index in [-0.39, 0.29) is 5.91 Å². The number of ether oxygens (including phenoxy) is 2. The Hall–Kier alpha value is -3.21. The average Bonchev–Trinajstić information content (AvgIpc) is 3.15. The number of benzene rings is 2. The first-order chi connectivity index (χ1) is 14.4. The molecule has 0 spiro atoms. The van der Waals surface area contributed by atoms with Gasteiger partial charge in [-0.1, -0.05) is 26.0 Å². The molecule has 0 atom stereocenters. The molecule has 3 aromatic rings. The summed E-state index contributed by atoms with van der Waals surface area (Å²) in [6, 6.07) is 11.7. The molecule has 5 nitrogen and oxygen atoms in total. The fourth-order valence-corrected chi connectivity index (χ4v) is 3.36. The van der Waals surface area contributed by atoms with E-state index in [1.165, 1.54) is 0 Å². The molecule has 2 aromatic carbocycles. The number of methoxy groups -OCH3 is 2. The van der Waals surface area contributed by atoms with Crippen LogP contribution in [0.25, 0.3) is 27.7 Å². The molecule has 1 heterocycles. The van der Waals surface area contributed by atoms with Gasteiger partial charge in [-0.3, -0.25) is 4.79 Å². The molecule has 0 aliphatic heterocycles. The van der Waals surface area contributed by atoms with Crippen LogP contribution in [0.1, 0.15) is 32.8 Å². The Kier molecular flexibility index (Phi) is 6.83. The van der Waals surface area contributed by atoms with E-state index in [1.807, 2.05) is 43.3 Å². The molecule has 1 amide bonds. The third-order valence-corrected chi connectivity index (χ3v) is 5.07. The summed E-state index contributed by atoms with van der Waals surface area (Å²) in [5, 5.41) is 3.90. The topological polar surface area (TPSA) is 60.7 Å². The van der Waals surface area contributed by atoms with Crippen LogP contribution < -0.4 is 14.8 Å². The van der Waals surface area contributed by atoms with Crippen molar-refractivity contribution in [3.05, 3.63) is 54.3 Å². The lowest BCUT2D eigenvalue weighted by Gasteiger charge is -2.11. The number of carbonyl (C=O) groups is 1. The number of allylic oxidation sites excluding steroid dienone is 1. The van der Waals surface area contributed by atoms with E-state index >= 15 is 0 Å². The Bertz CT molecular complexity index is 1060. The van der Waals surface area contributed by atoms with Crippen molar-refractivity contribution < 1.29 is 18.7 Å². The number of carbonyl (C=O) groups excluding carboxylic acids is 1. The van der Waals surface area contributed by atoms with E-state index in [2.05, 4.69) is 19.2 Å². The lowest BCUT2D eigenvalue weighted by molar-refractivity contribution is -0.116. The summed E-state index contributed by atoms with van der Waals surface area (Å²) in [6.45, 7) is 6.85. The van der Waals surface area contributed by atoms with Crippen molar-refractivity contribution in [2.24, 2.45) is 5.92 Å². The minimum atomic E-state index is -0.101. The van der Waals surface area contributed by atoms with Crippen molar-refractivity contribution in [2.75, 3.05) is 20.8 Å². The molecule has 0 saturated heterocycles. The van der Waals surface area contributed by atoms with E-state index in [0.29, 0.717) is 18.2 Å². The number of rotatable bonds is 8. The maximum atomic E-state index is 12.3. The molecule has 0 saturated carbocycles. The molecule has 158 valence electrons. The maximum Gasteiger partial charge on any atom is 0.244 e. The quantitative estimate of drug-likeness (QED) is 0.488. The van der Waals surface area contributed by atoms with Gasteiger partial charge in [-0.15, -0.1) is 0 Å². The Labute approximate surface area is 177 Å². The molecule has 0 aliphatic carbocycles. The van der Waals surface area contributed by atoms with Gasteiger partial charge in [0.15, 0.2) is 0 Å². The monoisotopic (exact) mass is 407 g/mol. The Morgan fingerprint density at radius 1 is 1.17 bits per heavy atom. The highest BCUT2D eigenvalue weighted by Gasteiger charge is 2.15. The zero-order chi connectivity index (χ0) is 21.7. The summed E-state index contributed by atoms with van der Waals surface area (Å²) in [5.41, 5.74) is 4.37. The lowest BCUT2D eigenvalue weighted by atomic mass is 9.99. The van der Waals surface area contributed by atoms with Crippen LogP contribution in [0, 0.1) is 5.92 Å². The number of fused-ring (bicyclic) bond motifs is 1. The Morgan fingerprint density at radius 2 is 1.97 bits per heavy atom. The van der Waals surface area contributed by atoms with Gasteiger partial charge in [0.05, 0.1) is 20.5 Å². The molecule has 30 heavy (non-hydrogen) atoms. The molecule has 0 aliphatic rings. The van der Waals surface area contributed by atoms with E-state index in [0.717, 1.165) is 45.4 Å². The van der Waals surface area contributed by atoms with Crippen molar-refractivity contribution in [1.29, 1.82) is 0 Å². The van der Waals surface area contributed by atoms with Crippen LogP contribution in [0.4, 0.5) is 0 Å². The zero-order valence-electron chi connectivity index (χ0n) is 18.2. The minimum absolute atomic E-state index is 0.101. The van der Waals surface area contributed by atoms with E-state index < -0.39 is 0 Å².